The normalized spacial score (nSPS) is 13.1. The van der Waals surface area contributed by atoms with Gasteiger partial charge in [0.25, 0.3) is 0 Å². The molecule has 0 aliphatic carbocycles. The largest absolute Gasteiger partial charge is 0.392 e. The highest BCUT2D eigenvalue weighted by atomic mass is 14.8. The topological polar surface area (TPSA) is 24.4 Å². The van der Waals surface area contributed by atoms with Crippen molar-refractivity contribution in [3.63, 3.8) is 0 Å². The Balaban J connectivity index is 4.11. The molecule has 0 aliphatic rings. The third-order valence-corrected chi connectivity index (χ3v) is 1.13. The Labute approximate surface area is 62.4 Å². The molecule has 0 aromatic heterocycles. The van der Waals surface area contributed by atoms with Crippen LogP contribution in [0.3, 0.4) is 0 Å². The summed E-state index contributed by atoms with van der Waals surface area (Å²) in [7, 11) is 1.89. The lowest BCUT2D eigenvalue weighted by atomic mass is 10.3. The molecule has 0 atom stereocenters. The molecule has 0 heterocycles. The molecule has 0 aromatic rings. The first kappa shape index (κ1) is 8.95. The molecule has 0 radical (unpaired) electrons. The molecule has 0 saturated heterocycles. The molecule has 0 saturated carbocycles. The molecule has 0 amide bonds. The highest BCUT2D eigenvalue weighted by Crippen LogP contribution is 1.97. The minimum absolute atomic E-state index is 1.10. The summed E-state index contributed by atoms with van der Waals surface area (Å²) >= 11 is 0. The van der Waals surface area contributed by atoms with Crippen molar-refractivity contribution < 1.29 is 0 Å². The number of aliphatic imine (C=N–C) groups is 1. The van der Waals surface area contributed by atoms with Crippen LogP contribution in [-0.2, 0) is 0 Å². The smallest absolute Gasteiger partial charge is 0.0290 e. The van der Waals surface area contributed by atoms with Crippen molar-refractivity contribution in [1.82, 2.24) is 5.32 Å². The molecule has 0 aromatic carbocycles. The minimum atomic E-state index is 1.10. The summed E-state index contributed by atoms with van der Waals surface area (Å²) in [5, 5.41) is 3.01. The van der Waals surface area contributed by atoms with Crippen LogP contribution in [0.5, 0.6) is 0 Å². The van der Waals surface area contributed by atoms with Gasteiger partial charge in [0.1, 0.15) is 0 Å². The molecule has 0 rings (SSSR count). The van der Waals surface area contributed by atoms with Gasteiger partial charge in [0, 0.05) is 18.9 Å². The fourth-order valence-electron chi connectivity index (χ4n) is 0.595. The van der Waals surface area contributed by atoms with Crippen molar-refractivity contribution in [3.8, 4) is 0 Å². The van der Waals surface area contributed by atoms with Gasteiger partial charge in [-0.3, -0.25) is 4.99 Å². The highest BCUT2D eigenvalue weighted by Gasteiger charge is 1.82. The first-order chi connectivity index (χ1) is 4.70. The van der Waals surface area contributed by atoms with E-state index >= 15 is 0 Å². The van der Waals surface area contributed by atoms with Crippen LogP contribution in [-0.4, -0.2) is 13.8 Å². The SMILES string of the molecule is C=N/C=C(C)\C=C(/C)NC. The number of hydrogen-bond donors (Lipinski definition) is 1. The summed E-state index contributed by atoms with van der Waals surface area (Å²) in [5.41, 5.74) is 2.22. The van der Waals surface area contributed by atoms with E-state index in [1.54, 1.807) is 6.20 Å². The summed E-state index contributed by atoms with van der Waals surface area (Å²) in [6.07, 6.45) is 3.73. The molecule has 2 nitrogen and oxygen atoms in total. The van der Waals surface area contributed by atoms with Gasteiger partial charge in [-0.15, -0.1) is 0 Å². The van der Waals surface area contributed by atoms with Crippen LogP contribution < -0.4 is 5.32 Å². The van der Waals surface area contributed by atoms with E-state index < -0.39 is 0 Å². The number of rotatable bonds is 3. The van der Waals surface area contributed by atoms with Gasteiger partial charge >= 0.3 is 0 Å². The number of allylic oxidation sites excluding steroid dienone is 3. The Kier molecular flexibility index (Phi) is 4.29. The molecule has 0 spiro atoms. The Bertz CT molecular complexity index is 166. The van der Waals surface area contributed by atoms with Gasteiger partial charge in [0.2, 0.25) is 0 Å². The molecule has 0 fully saturated rings. The van der Waals surface area contributed by atoms with Crippen molar-refractivity contribution >= 4 is 6.72 Å². The van der Waals surface area contributed by atoms with E-state index in [0.717, 1.165) is 11.3 Å². The standard InChI is InChI=1S/C8H14N2/c1-7(6-9-3)5-8(2)10-4/h5-6,10H,3H2,1-2,4H3/b7-6-,8-5+. The van der Waals surface area contributed by atoms with Crippen molar-refractivity contribution in [2.45, 2.75) is 13.8 Å². The van der Waals surface area contributed by atoms with Crippen molar-refractivity contribution in [2.75, 3.05) is 7.05 Å². The summed E-state index contributed by atoms with van der Waals surface area (Å²) in [6, 6.07) is 0. The van der Waals surface area contributed by atoms with Crippen LogP contribution in [0.2, 0.25) is 0 Å². The van der Waals surface area contributed by atoms with Gasteiger partial charge in [-0.25, -0.2) is 0 Å². The quantitative estimate of drug-likeness (QED) is 0.466. The zero-order chi connectivity index (χ0) is 7.98. The summed E-state index contributed by atoms with van der Waals surface area (Å²) in [4.78, 5) is 3.64. The monoisotopic (exact) mass is 138 g/mol. The van der Waals surface area contributed by atoms with E-state index in [1.165, 1.54) is 0 Å². The maximum absolute atomic E-state index is 3.64. The third kappa shape index (κ3) is 3.89. The number of nitrogens with one attached hydrogen (secondary N) is 1. The van der Waals surface area contributed by atoms with Crippen molar-refractivity contribution in [3.05, 3.63) is 23.5 Å². The van der Waals surface area contributed by atoms with E-state index in [9.17, 15) is 0 Å². The summed E-state index contributed by atoms with van der Waals surface area (Å²) in [6.45, 7) is 7.34. The second-order valence-electron chi connectivity index (χ2n) is 2.13. The first-order valence-corrected chi connectivity index (χ1v) is 3.19. The number of nitrogens with zero attached hydrogens (tertiary/aromatic N) is 1. The van der Waals surface area contributed by atoms with Crippen molar-refractivity contribution in [1.29, 1.82) is 0 Å². The van der Waals surface area contributed by atoms with Gasteiger partial charge < -0.3 is 5.32 Å². The van der Waals surface area contributed by atoms with Gasteiger partial charge in [-0.1, -0.05) is 0 Å². The minimum Gasteiger partial charge on any atom is -0.392 e. The van der Waals surface area contributed by atoms with Crippen LogP contribution in [0.1, 0.15) is 13.8 Å². The Hall–Kier alpha value is -1.05. The molecule has 0 bridgehead atoms. The van der Waals surface area contributed by atoms with Crippen LogP contribution in [0, 0.1) is 0 Å². The predicted octanol–water partition coefficient (Wildman–Crippen LogP) is 1.71. The molecule has 10 heavy (non-hydrogen) atoms. The fourth-order valence-corrected chi connectivity index (χ4v) is 0.595. The van der Waals surface area contributed by atoms with Gasteiger partial charge in [-0.05, 0) is 32.2 Å². The van der Waals surface area contributed by atoms with Gasteiger partial charge in [-0.2, -0.15) is 0 Å². The lowest BCUT2D eigenvalue weighted by molar-refractivity contribution is 0.986. The maximum Gasteiger partial charge on any atom is 0.0290 e. The van der Waals surface area contributed by atoms with Gasteiger partial charge in [0.05, 0.1) is 0 Å². The molecule has 1 N–H and O–H groups in total. The third-order valence-electron chi connectivity index (χ3n) is 1.13. The second-order valence-corrected chi connectivity index (χ2v) is 2.13. The fraction of sp³-hybridized carbons (Fsp3) is 0.375. The molecular formula is C8H14N2. The van der Waals surface area contributed by atoms with E-state index in [2.05, 4.69) is 17.0 Å². The zero-order valence-corrected chi connectivity index (χ0v) is 6.81. The zero-order valence-electron chi connectivity index (χ0n) is 6.81. The maximum atomic E-state index is 3.64. The summed E-state index contributed by atoms with van der Waals surface area (Å²) < 4.78 is 0. The van der Waals surface area contributed by atoms with Crippen LogP contribution in [0.25, 0.3) is 0 Å². The van der Waals surface area contributed by atoms with E-state index in [1.807, 2.05) is 27.0 Å². The average Bonchev–Trinajstić information content (AvgIpc) is 1.88. The summed E-state index contributed by atoms with van der Waals surface area (Å²) in [5.74, 6) is 0. The van der Waals surface area contributed by atoms with Crippen LogP contribution >= 0.6 is 0 Å². The van der Waals surface area contributed by atoms with E-state index in [4.69, 9.17) is 0 Å². The Morgan fingerprint density at radius 3 is 2.50 bits per heavy atom. The molecule has 2 heteroatoms. The highest BCUT2D eigenvalue weighted by molar-refractivity contribution is 5.28. The molecule has 0 unspecified atom stereocenters. The Morgan fingerprint density at radius 2 is 2.10 bits per heavy atom. The lowest BCUT2D eigenvalue weighted by Crippen LogP contribution is -2.00. The first-order valence-electron chi connectivity index (χ1n) is 3.19. The molecule has 56 valence electrons. The lowest BCUT2D eigenvalue weighted by Gasteiger charge is -1.97. The van der Waals surface area contributed by atoms with E-state index in [-0.39, 0.29) is 0 Å². The van der Waals surface area contributed by atoms with E-state index in [0.29, 0.717) is 0 Å². The molecular weight excluding hydrogens is 124 g/mol. The average molecular weight is 138 g/mol. The predicted molar refractivity (Wildman–Crippen MR) is 46.1 cm³/mol. The number of hydrogen-bond acceptors (Lipinski definition) is 2. The van der Waals surface area contributed by atoms with Crippen LogP contribution in [0.4, 0.5) is 0 Å². The van der Waals surface area contributed by atoms with Gasteiger partial charge in [0.15, 0.2) is 0 Å². The molecule has 0 aliphatic heterocycles. The van der Waals surface area contributed by atoms with Crippen LogP contribution in [0.15, 0.2) is 28.5 Å². The van der Waals surface area contributed by atoms with Crippen molar-refractivity contribution in [2.24, 2.45) is 4.99 Å². The second kappa shape index (κ2) is 4.79. The Morgan fingerprint density at radius 1 is 1.50 bits per heavy atom.